The Bertz CT molecular complexity index is 863. The standard InChI is InChI=1S/C20H22N2O5/c1-20(2,19(24)22-14-5-4-6-15(10-14)25-3)18(23)21-11-13-7-8-16-17(9-13)27-12-26-16/h4-10H,11-12H2,1-3H3,(H,21,23)(H,22,24). The number of benzene rings is 2. The number of methoxy groups -OCH3 is 1. The number of carbonyl (C=O) groups is 2. The fourth-order valence-corrected chi connectivity index (χ4v) is 2.55. The summed E-state index contributed by atoms with van der Waals surface area (Å²) in [6, 6.07) is 12.4. The van der Waals surface area contributed by atoms with Gasteiger partial charge in [-0.2, -0.15) is 0 Å². The summed E-state index contributed by atoms with van der Waals surface area (Å²) < 4.78 is 15.7. The van der Waals surface area contributed by atoms with Gasteiger partial charge in [0.05, 0.1) is 7.11 Å². The summed E-state index contributed by atoms with van der Waals surface area (Å²) in [6.07, 6.45) is 0. The number of hydrogen-bond donors (Lipinski definition) is 2. The molecule has 0 saturated carbocycles. The largest absolute Gasteiger partial charge is 0.497 e. The summed E-state index contributed by atoms with van der Waals surface area (Å²) in [5, 5.41) is 5.55. The lowest BCUT2D eigenvalue weighted by molar-refractivity contribution is -0.138. The molecule has 2 aromatic rings. The van der Waals surface area contributed by atoms with Crippen LogP contribution in [0.25, 0.3) is 0 Å². The highest BCUT2D eigenvalue weighted by Crippen LogP contribution is 2.32. The van der Waals surface area contributed by atoms with Crippen molar-refractivity contribution in [2.24, 2.45) is 5.41 Å². The maximum Gasteiger partial charge on any atom is 0.239 e. The summed E-state index contributed by atoms with van der Waals surface area (Å²) in [4.78, 5) is 25.2. The first-order chi connectivity index (χ1) is 12.9. The Kier molecular flexibility index (Phi) is 5.21. The van der Waals surface area contributed by atoms with Crippen LogP contribution >= 0.6 is 0 Å². The van der Waals surface area contributed by atoms with Crippen molar-refractivity contribution in [2.45, 2.75) is 20.4 Å². The van der Waals surface area contributed by atoms with Crippen LogP contribution in [0, 0.1) is 5.41 Å². The predicted octanol–water partition coefficient (Wildman–Crippen LogP) is 2.71. The predicted molar refractivity (Wildman–Crippen MR) is 99.8 cm³/mol. The van der Waals surface area contributed by atoms with Gasteiger partial charge >= 0.3 is 0 Å². The van der Waals surface area contributed by atoms with Gasteiger partial charge in [-0.05, 0) is 43.7 Å². The van der Waals surface area contributed by atoms with Crippen LogP contribution in [-0.2, 0) is 16.1 Å². The van der Waals surface area contributed by atoms with Crippen LogP contribution in [0.3, 0.4) is 0 Å². The summed E-state index contributed by atoms with van der Waals surface area (Å²) >= 11 is 0. The summed E-state index contributed by atoms with van der Waals surface area (Å²) in [5.41, 5.74) is 0.173. The molecule has 27 heavy (non-hydrogen) atoms. The van der Waals surface area contributed by atoms with E-state index in [2.05, 4.69) is 10.6 Å². The first-order valence-corrected chi connectivity index (χ1v) is 8.52. The van der Waals surface area contributed by atoms with E-state index in [9.17, 15) is 9.59 Å². The van der Waals surface area contributed by atoms with Gasteiger partial charge in [0.25, 0.3) is 0 Å². The van der Waals surface area contributed by atoms with Gasteiger partial charge in [0.1, 0.15) is 11.2 Å². The third-order valence-electron chi connectivity index (χ3n) is 4.35. The number of ether oxygens (including phenoxy) is 3. The molecule has 7 nitrogen and oxygen atoms in total. The molecule has 1 heterocycles. The van der Waals surface area contributed by atoms with E-state index in [0.717, 1.165) is 5.56 Å². The second-order valence-corrected chi connectivity index (χ2v) is 6.68. The van der Waals surface area contributed by atoms with Crippen molar-refractivity contribution in [1.29, 1.82) is 0 Å². The number of rotatable bonds is 6. The topological polar surface area (TPSA) is 85.9 Å². The van der Waals surface area contributed by atoms with Crippen molar-refractivity contribution in [3.05, 3.63) is 48.0 Å². The van der Waals surface area contributed by atoms with E-state index in [1.54, 1.807) is 51.3 Å². The fraction of sp³-hybridized carbons (Fsp3) is 0.300. The molecule has 7 heteroatoms. The maximum absolute atomic E-state index is 12.6. The monoisotopic (exact) mass is 370 g/mol. The van der Waals surface area contributed by atoms with E-state index in [4.69, 9.17) is 14.2 Å². The molecule has 0 aliphatic carbocycles. The molecule has 1 aliphatic rings. The van der Waals surface area contributed by atoms with E-state index in [0.29, 0.717) is 22.9 Å². The van der Waals surface area contributed by atoms with E-state index < -0.39 is 11.3 Å². The van der Waals surface area contributed by atoms with Gasteiger partial charge in [-0.15, -0.1) is 0 Å². The number of amides is 2. The molecule has 0 radical (unpaired) electrons. The van der Waals surface area contributed by atoms with E-state index in [1.807, 2.05) is 12.1 Å². The minimum Gasteiger partial charge on any atom is -0.497 e. The lowest BCUT2D eigenvalue weighted by atomic mass is 9.90. The van der Waals surface area contributed by atoms with E-state index >= 15 is 0 Å². The van der Waals surface area contributed by atoms with Crippen molar-refractivity contribution >= 4 is 17.5 Å². The van der Waals surface area contributed by atoms with Crippen LogP contribution in [0.5, 0.6) is 17.2 Å². The Hall–Kier alpha value is -3.22. The smallest absolute Gasteiger partial charge is 0.239 e. The Morgan fingerprint density at radius 2 is 1.85 bits per heavy atom. The maximum atomic E-state index is 12.6. The highest BCUT2D eigenvalue weighted by atomic mass is 16.7. The Morgan fingerprint density at radius 3 is 2.63 bits per heavy atom. The molecule has 2 N–H and O–H groups in total. The van der Waals surface area contributed by atoms with Crippen LogP contribution in [0.1, 0.15) is 19.4 Å². The zero-order valence-corrected chi connectivity index (χ0v) is 15.5. The molecule has 142 valence electrons. The van der Waals surface area contributed by atoms with Gasteiger partial charge in [0.15, 0.2) is 11.5 Å². The van der Waals surface area contributed by atoms with Crippen LogP contribution in [-0.4, -0.2) is 25.7 Å². The number of anilines is 1. The second-order valence-electron chi connectivity index (χ2n) is 6.68. The van der Waals surface area contributed by atoms with Gasteiger partial charge < -0.3 is 24.8 Å². The lowest BCUT2D eigenvalue weighted by Gasteiger charge is -2.23. The van der Waals surface area contributed by atoms with E-state index in [1.165, 1.54) is 0 Å². The molecule has 0 unspecified atom stereocenters. The van der Waals surface area contributed by atoms with Gasteiger partial charge in [0.2, 0.25) is 18.6 Å². The first-order valence-electron chi connectivity index (χ1n) is 8.52. The Morgan fingerprint density at radius 1 is 1.07 bits per heavy atom. The zero-order chi connectivity index (χ0) is 19.4. The number of carbonyl (C=O) groups excluding carboxylic acids is 2. The van der Waals surface area contributed by atoms with Crippen LogP contribution in [0.15, 0.2) is 42.5 Å². The molecule has 0 aromatic heterocycles. The van der Waals surface area contributed by atoms with Crippen molar-refractivity contribution in [3.8, 4) is 17.2 Å². The quantitative estimate of drug-likeness (QED) is 0.764. The van der Waals surface area contributed by atoms with Gasteiger partial charge in [-0.1, -0.05) is 12.1 Å². The molecule has 0 atom stereocenters. The Labute approximate surface area is 157 Å². The zero-order valence-electron chi connectivity index (χ0n) is 15.5. The van der Waals surface area contributed by atoms with Crippen molar-refractivity contribution in [3.63, 3.8) is 0 Å². The van der Waals surface area contributed by atoms with E-state index in [-0.39, 0.29) is 19.2 Å². The first kappa shape index (κ1) is 18.6. The molecule has 0 saturated heterocycles. The third kappa shape index (κ3) is 4.13. The van der Waals surface area contributed by atoms with Crippen LogP contribution in [0.2, 0.25) is 0 Å². The normalized spacial score (nSPS) is 12.4. The fourth-order valence-electron chi connectivity index (χ4n) is 2.55. The van der Waals surface area contributed by atoms with Crippen molar-refractivity contribution in [2.75, 3.05) is 19.2 Å². The highest BCUT2D eigenvalue weighted by molar-refractivity contribution is 6.09. The molecule has 0 bridgehead atoms. The van der Waals surface area contributed by atoms with Crippen LogP contribution < -0.4 is 24.8 Å². The minimum atomic E-state index is -1.25. The number of nitrogens with one attached hydrogen (secondary N) is 2. The summed E-state index contributed by atoms with van der Waals surface area (Å²) in [7, 11) is 1.55. The number of fused-ring (bicyclic) bond motifs is 1. The molecule has 3 rings (SSSR count). The summed E-state index contributed by atoms with van der Waals surface area (Å²) in [6.45, 7) is 3.64. The molecule has 2 amide bonds. The molecule has 1 aliphatic heterocycles. The van der Waals surface area contributed by atoms with Gasteiger partial charge in [-0.3, -0.25) is 9.59 Å². The summed E-state index contributed by atoms with van der Waals surface area (Å²) in [5.74, 6) is 1.18. The van der Waals surface area contributed by atoms with Crippen molar-refractivity contribution in [1.82, 2.24) is 5.32 Å². The van der Waals surface area contributed by atoms with Gasteiger partial charge in [0, 0.05) is 18.3 Å². The average Bonchev–Trinajstić information content (AvgIpc) is 3.13. The van der Waals surface area contributed by atoms with Crippen molar-refractivity contribution < 1.29 is 23.8 Å². The second kappa shape index (κ2) is 7.57. The molecular formula is C20H22N2O5. The molecule has 2 aromatic carbocycles. The highest BCUT2D eigenvalue weighted by Gasteiger charge is 2.36. The molecule has 0 fully saturated rings. The van der Waals surface area contributed by atoms with Gasteiger partial charge in [-0.25, -0.2) is 0 Å². The molecule has 0 spiro atoms. The minimum absolute atomic E-state index is 0.197. The average molecular weight is 370 g/mol. The lowest BCUT2D eigenvalue weighted by Crippen LogP contribution is -2.44. The molecular weight excluding hydrogens is 348 g/mol. The number of hydrogen-bond acceptors (Lipinski definition) is 5. The Balaban J connectivity index is 1.61. The van der Waals surface area contributed by atoms with Crippen LogP contribution in [0.4, 0.5) is 5.69 Å². The third-order valence-corrected chi connectivity index (χ3v) is 4.35. The SMILES string of the molecule is COc1cccc(NC(=O)C(C)(C)C(=O)NCc2ccc3c(c2)OCO3)c1.